The number of Topliss-reactive ketones (excluding diaryl/α,β-unsaturated/α-hetero) is 1. The molecule has 0 N–H and O–H groups in total. The molecule has 2 heterocycles. The molecular formula is C13H16N3O+. The van der Waals surface area contributed by atoms with Crippen molar-refractivity contribution in [1.29, 1.82) is 0 Å². The number of hydrogen-bond acceptors (Lipinski definition) is 2. The highest BCUT2D eigenvalue weighted by Crippen LogP contribution is 2.05. The zero-order valence-corrected chi connectivity index (χ0v) is 10.1. The van der Waals surface area contributed by atoms with E-state index in [1.165, 1.54) is 5.57 Å². The SMILES string of the molecule is CC(=O)c1cnn(CC2=CC=[N+](C)CC=C2)c1. The van der Waals surface area contributed by atoms with E-state index in [2.05, 4.69) is 27.9 Å². The fourth-order valence-electron chi connectivity index (χ4n) is 1.63. The van der Waals surface area contributed by atoms with Gasteiger partial charge in [-0.15, -0.1) is 0 Å². The van der Waals surface area contributed by atoms with Crippen LogP contribution in [0, 0.1) is 0 Å². The lowest BCUT2D eigenvalue weighted by atomic mass is 10.2. The Morgan fingerprint density at radius 3 is 3.12 bits per heavy atom. The maximum atomic E-state index is 11.2. The molecule has 0 unspecified atom stereocenters. The summed E-state index contributed by atoms with van der Waals surface area (Å²) >= 11 is 0. The van der Waals surface area contributed by atoms with E-state index in [9.17, 15) is 4.79 Å². The molecule has 0 spiro atoms. The van der Waals surface area contributed by atoms with Gasteiger partial charge in [0, 0.05) is 12.3 Å². The second-order valence-corrected chi connectivity index (χ2v) is 4.22. The summed E-state index contributed by atoms with van der Waals surface area (Å²) in [6.45, 7) is 3.15. The van der Waals surface area contributed by atoms with Gasteiger partial charge in [0.2, 0.25) is 0 Å². The fraction of sp³-hybridized carbons (Fsp3) is 0.308. The zero-order valence-electron chi connectivity index (χ0n) is 10.1. The fourth-order valence-corrected chi connectivity index (χ4v) is 1.63. The van der Waals surface area contributed by atoms with Crippen molar-refractivity contribution in [3.63, 3.8) is 0 Å². The van der Waals surface area contributed by atoms with Gasteiger partial charge in [0.25, 0.3) is 0 Å². The number of carbonyl (C=O) groups excluding carboxylic acids is 1. The van der Waals surface area contributed by atoms with Gasteiger partial charge < -0.3 is 0 Å². The van der Waals surface area contributed by atoms with Crippen LogP contribution >= 0.6 is 0 Å². The van der Waals surface area contributed by atoms with Crippen molar-refractivity contribution >= 4 is 12.0 Å². The average Bonchev–Trinajstić information content (AvgIpc) is 2.65. The molecule has 0 aromatic carbocycles. The van der Waals surface area contributed by atoms with Gasteiger partial charge in [-0.1, -0.05) is 6.08 Å². The molecule has 1 aromatic rings. The molecule has 0 aliphatic carbocycles. The second-order valence-electron chi connectivity index (χ2n) is 4.22. The highest BCUT2D eigenvalue weighted by molar-refractivity contribution is 5.93. The van der Waals surface area contributed by atoms with Crippen LogP contribution in [0.3, 0.4) is 0 Å². The first kappa shape index (κ1) is 11.5. The van der Waals surface area contributed by atoms with Crippen LogP contribution in [0.1, 0.15) is 17.3 Å². The van der Waals surface area contributed by atoms with E-state index in [0.29, 0.717) is 12.1 Å². The minimum Gasteiger partial charge on any atom is -0.294 e. The zero-order chi connectivity index (χ0) is 12.3. The molecule has 0 fully saturated rings. The Kier molecular flexibility index (Phi) is 3.32. The smallest absolute Gasteiger partial charge is 0.163 e. The van der Waals surface area contributed by atoms with Crippen molar-refractivity contribution in [2.45, 2.75) is 13.5 Å². The Bertz CT molecular complexity index is 521. The normalized spacial score (nSPS) is 15.2. The number of rotatable bonds is 3. The van der Waals surface area contributed by atoms with Gasteiger partial charge in [-0.05, 0) is 18.6 Å². The summed E-state index contributed by atoms with van der Waals surface area (Å²) in [4.78, 5) is 11.2. The Balaban J connectivity index is 2.12. The number of nitrogens with zero attached hydrogens (tertiary/aromatic N) is 3. The number of ketones is 1. The Hall–Kier alpha value is -1.97. The molecule has 1 aliphatic rings. The highest BCUT2D eigenvalue weighted by Gasteiger charge is 2.05. The van der Waals surface area contributed by atoms with Gasteiger partial charge in [0.1, 0.15) is 7.05 Å². The first-order valence-electron chi connectivity index (χ1n) is 5.59. The molecular weight excluding hydrogens is 214 g/mol. The largest absolute Gasteiger partial charge is 0.294 e. The molecule has 0 amide bonds. The van der Waals surface area contributed by atoms with Crippen molar-refractivity contribution in [2.75, 3.05) is 13.6 Å². The van der Waals surface area contributed by atoms with Crippen molar-refractivity contribution < 1.29 is 9.37 Å². The van der Waals surface area contributed by atoms with Gasteiger partial charge in [-0.2, -0.15) is 5.10 Å². The van der Waals surface area contributed by atoms with Crippen LogP contribution in [0.4, 0.5) is 0 Å². The topological polar surface area (TPSA) is 37.9 Å². The summed E-state index contributed by atoms with van der Waals surface area (Å²) in [6.07, 6.45) is 11.7. The van der Waals surface area contributed by atoms with E-state index in [0.717, 1.165) is 6.54 Å². The second kappa shape index (κ2) is 4.91. The summed E-state index contributed by atoms with van der Waals surface area (Å²) in [5, 5.41) is 4.17. The first-order chi connectivity index (χ1) is 8.15. The number of hydrogen-bond donors (Lipinski definition) is 0. The molecule has 4 nitrogen and oxygen atoms in total. The molecule has 1 aromatic heterocycles. The number of aromatic nitrogens is 2. The van der Waals surface area contributed by atoms with Gasteiger partial charge in [0.05, 0.1) is 18.3 Å². The summed E-state index contributed by atoms with van der Waals surface area (Å²) in [5.74, 6) is 0.0490. The minimum atomic E-state index is 0.0490. The number of likely N-dealkylation sites (N-methyl/N-ethyl adjacent to an activating group) is 1. The summed E-state index contributed by atoms with van der Waals surface area (Å²) in [5.41, 5.74) is 1.83. The van der Waals surface area contributed by atoms with Crippen molar-refractivity contribution in [1.82, 2.24) is 9.78 Å². The molecule has 88 valence electrons. The minimum absolute atomic E-state index is 0.0490. The van der Waals surface area contributed by atoms with E-state index >= 15 is 0 Å². The van der Waals surface area contributed by atoms with Crippen LogP contribution in [0.25, 0.3) is 0 Å². The quantitative estimate of drug-likeness (QED) is 0.580. The Morgan fingerprint density at radius 2 is 2.41 bits per heavy atom. The standard InChI is InChI=1S/C13H16N3O/c1-11(17)13-8-14-16(10-13)9-12-4-3-6-15(2)7-5-12/h3-5,7-8,10H,6,9H2,1-2H3/q+1. The van der Waals surface area contributed by atoms with E-state index < -0.39 is 0 Å². The van der Waals surface area contributed by atoms with Crippen LogP contribution in [0.5, 0.6) is 0 Å². The first-order valence-corrected chi connectivity index (χ1v) is 5.59. The van der Waals surface area contributed by atoms with Crippen LogP contribution in [-0.2, 0) is 6.54 Å². The molecule has 0 saturated heterocycles. The van der Waals surface area contributed by atoms with Crippen molar-refractivity contribution in [3.05, 3.63) is 41.8 Å². The molecule has 0 bridgehead atoms. The lowest BCUT2D eigenvalue weighted by molar-refractivity contribution is -0.480. The summed E-state index contributed by atoms with van der Waals surface area (Å²) in [6, 6.07) is 0. The van der Waals surface area contributed by atoms with Gasteiger partial charge in [0.15, 0.2) is 18.5 Å². The monoisotopic (exact) mass is 230 g/mol. The lowest BCUT2D eigenvalue weighted by Gasteiger charge is -2.00. The Morgan fingerprint density at radius 1 is 1.59 bits per heavy atom. The molecule has 0 atom stereocenters. The number of carbonyl (C=O) groups is 1. The molecule has 17 heavy (non-hydrogen) atoms. The van der Waals surface area contributed by atoms with Crippen LogP contribution in [0.15, 0.2) is 36.2 Å². The third-order valence-electron chi connectivity index (χ3n) is 2.65. The molecule has 0 saturated carbocycles. The van der Waals surface area contributed by atoms with Crippen LogP contribution < -0.4 is 0 Å². The third kappa shape index (κ3) is 3.00. The van der Waals surface area contributed by atoms with Gasteiger partial charge >= 0.3 is 0 Å². The maximum Gasteiger partial charge on any atom is 0.163 e. The van der Waals surface area contributed by atoms with Crippen LogP contribution in [-0.4, -0.2) is 39.9 Å². The highest BCUT2D eigenvalue weighted by atomic mass is 16.1. The van der Waals surface area contributed by atoms with Crippen molar-refractivity contribution in [2.24, 2.45) is 0 Å². The molecule has 0 radical (unpaired) electrons. The Labute approximate surface area is 101 Å². The third-order valence-corrected chi connectivity index (χ3v) is 2.65. The van der Waals surface area contributed by atoms with Gasteiger partial charge in [-0.3, -0.25) is 9.48 Å². The predicted molar refractivity (Wildman–Crippen MR) is 66.6 cm³/mol. The average molecular weight is 230 g/mol. The maximum absolute atomic E-state index is 11.2. The molecule has 1 aliphatic heterocycles. The lowest BCUT2D eigenvalue weighted by Crippen LogP contribution is -2.04. The van der Waals surface area contributed by atoms with Crippen LogP contribution in [0.2, 0.25) is 0 Å². The van der Waals surface area contributed by atoms with Gasteiger partial charge in [-0.25, -0.2) is 4.58 Å². The van der Waals surface area contributed by atoms with E-state index in [4.69, 9.17) is 0 Å². The number of allylic oxidation sites excluding steroid dienone is 3. The summed E-state index contributed by atoms with van der Waals surface area (Å²) in [7, 11) is 2.03. The predicted octanol–water partition coefficient (Wildman–Crippen LogP) is 1.29. The van der Waals surface area contributed by atoms with Crippen molar-refractivity contribution in [3.8, 4) is 0 Å². The molecule has 2 rings (SSSR count). The van der Waals surface area contributed by atoms with E-state index in [1.807, 2.05) is 13.3 Å². The molecule has 4 heteroatoms. The summed E-state index contributed by atoms with van der Waals surface area (Å²) < 4.78 is 3.89. The van der Waals surface area contributed by atoms with E-state index in [1.54, 1.807) is 24.0 Å². The van der Waals surface area contributed by atoms with E-state index in [-0.39, 0.29) is 5.78 Å².